The molecule has 65 heavy (non-hydrogen) atoms. The molecule has 10 aromatic rings. The van der Waals surface area contributed by atoms with E-state index in [0.717, 1.165) is 39.3 Å². The topological polar surface area (TPSA) is 51.1 Å². The molecule has 1 aromatic heterocycles. The zero-order valence-electron chi connectivity index (χ0n) is 35.0. The van der Waals surface area contributed by atoms with Gasteiger partial charge in [0.05, 0.1) is 5.69 Å². The first-order chi connectivity index (χ1) is 32.2. The molecule has 0 radical (unpaired) electrons. The molecule has 3 aliphatic rings. The van der Waals surface area contributed by atoms with E-state index in [1.54, 1.807) is 11.8 Å². The third-order valence-corrected chi connectivity index (χ3v) is 19.1. The van der Waals surface area contributed by atoms with Crippen LogP contribution in [0.4, 0.5) is 17.1 Å². The SMILES string of the molecule is c1ccc(-c2nc(-c3ccccc3)nc(-c3ccc4c(c3)Sc3cc(N5c6ccccc6[Si](c6ccccc6)(c6ccccc6)c6ccccc65)cc5c3B4c3ccccc3O5)n2)cc1. The summed E-state index contributed by atoms with van der Waals surface area (Å²) < 4.78 is 6.97. The Balaban J connectivity index is 0.996. The Morgan fingerprint density at radius 3 is 1.52 bits per heavy atom. The lowest BCUT2D eigenvalue weighted by Gasteiger charge is -2.45. The van der Waals surface area contributed by atoms with E-state index in [1.165, 1.54) is 52.8 Å². The average molecular weight is 865 g/mol. The first-order valence-electron chi connectivity index (χ1n) is 22.0. The number of fused-ring (bicyclic) bond motifs is 6. The van der Waals surface area contributed by atoms with Gasteiger partial charge >= 0.3 is 0 Å². The summed E-state index contributed by atoms with van der Waals surface area (Å²) in [4.78, 5) is 20.0. The van der Waals surface area contributed by atoms with Gasteiger partial charge in [-0.2, -0.15) is 0 Å². The van der Waals surface area contributed by atoms with Crippen LogP contribution in [0, 0.1) is 0 Å². The van der Waals surface area contributed by atoms with Crippen LogP contribution in [-0.2, 0) is 0 Å². The minimum absolute atomic E-state index is 0.0143. The van der Waals surface area contributed by atoms with Gasteiger partial charge in [-0.3, -0.25) is 0 Å². The van der Waals surface area contributed by atoms with Gasteiger partial charge in [-0.15, -0.1) is 0 Å². The molecular formula is C57H37BN4OSSi. The molecule has 0 unspecified atom stereocenters. The Morgan fingerprint density at radius 2 is 0.923 bits per heavy atom. The van der Waals surface area contributed by atoms with E-state index in [4.69, 9.17) is 19.7 Å². The maximum absolute atomic E-state index is 6.97. The monoisotopic (exact) mass is 864 g/mol. The number of aromatic nitrogens is 3. The summed E-state index contributed by atoms with van der Waals surface area (Å²) >= 11 is 1.80. The third kappa shape index (κ3) is 5.98. The van der Waals surface area contributed by atoms with E-state index < -0.39 is 8.07 Å². The molecule has 304 valence electrons. The highest BCUT2D eigenvalue weighted by atomic mass is 32.2. The minimum Gasteiger partial charge on any atom is -0.458 e. The summed E-state index contributed by atoms with van der Waals surface area (Å²) in [6, 6.07) is 80.7. The molecule has 0 bridgehead atoms. The van der Waals surface area contributed by atoms with E-state index in [0.29, 0.717) is 17.5 Å². The largest absolute Gasteiger partial charge is 0.458 e. The molecule has 0 N–H and O–H groups in total. The van der Waals surface area contributed by atoms with Crippen LogP contribution in [0.3, 0.4) is 0 Å². The number of ether oxygens (including phenoxy) is 1. The second-order valence-electron chi connectivity index (χ2n) is 16.7. The van der Waals surface area contributed by atoms with Crippen LogP contribution < -0.4 is 46.8 Å². The smallest absolute Gasteiger partial charge is 0.253 e. The lowest BCUT2D eigenvalue weighted by atomic mass is 9.35. The quantitative estimate of drug-likeness (QED) is 0.156. The van der Waals surface area contributed by atoms with Crippen molar-refractivity contribution in [3.63, 3.8) is 0 Å². The van der Waals surface area contributed by atoms with Gasteiger partial charge in [0.25, 0.3) is 6.71 Å². The highest BCUT2D eigenvalue weighted by Crippen LogP contribution is 2.45. The first-order valence-corrected chi connectivity index (χ1v) is 24.8. The van der Waals surface area contributed by atoms with Crippen molar-refractivity contribution < 1.29 is 4.74 Å². The predicted molar refractivity (Wildman–Crippen MR) is 270 cm³/mol. The van der Waals surface area contributed by atoms with Gasteiger partial charge in [-0.05, 0) is 62.0 Å². The van der Waals surface area contributed by atoms with Crippen LogP contribution in [-0.4, -0.2) is 29.7 Å². The van der Waals surface area contributed by atoms with Crippen molar-refractivity contribution in [3.8, 4) is 45.7 Å². The van der Waals surface area contributed by atoms with Crippen molar-refractivity contribution >= 4 is 80.7 Å². The average Bonchev–Trinajstić information content (AvgIpc) is 3.38. The third-order valence-electron chi connectivity index (χ3n) is 13.1. The molecule has 0 aliphatic carbocycles. The van der Waals surface area contributed by atoms with Crippen molar-refractivity contribution in [2.24, 2.45) is 0 Å². The van der Waals surface area contributed by atoms with Crippen molar-refractivity contribution in [1.82, 2.24) is 15.0 Å². The van der Waals surface area contributed by atoms with Gasteiger partial charge in [0.1, 0.15) is 11.5 Å². The maximum atomic E-state index is 6.97. The highest BCUT2D eigenvalue weighted by molar-refractivity contribution is 8.00. The number of benzene rings is 9. The fraction of sp³-hybridized carbons (Fsp3) is 0. The number of nitrogens with zero attached hydrogens (tertiary/aromatic N) is 4. The fourth-order valence-electron chi connectivity index (χ4n) is 10.3. The molecule has 8 heteroatoms. The van der Waals surface area contributed by atoms with Crippen LogP contribution in [0.5, 0.6) is 11.5 Å². The molecule has 0 saturated carbocycles. The van der Waals surface area contributed by atoms with E-state index in [-0.39, 0.29) is 6.71 Å². The van der Waals surface area contributed by atoms with Crippen molar-refractivity contribution in [2.45, 2.75) is 9.79 Å². The Bertz CT molecular complexity index is 3320. The Kier molecular flexibility index (Phi) is 8.82. The molecular weight excluding hydrogens is 828 g/mol. The zero-order valence-corrected chi connectivity index (χ0v) is 36.9. The molecule has 0 spiro atoms. The Labute approximate surface area is 383 Å². The van der Waals surface area contributed by atoms with Crippen molar-refractivity contribution in [3.05, 3.63) is 224 Å². The van der Waals surface area contributed by atoms with Gasteiger partial charge in [-0.1, -0.05) is 205 Å². The molecule has 0 saturated heterocycles. The second-order valence-corrected chi connectivity index (χ2v) is 21.5. The molecule has 13 rings (SSSR count). The molecule has 3 aliphatic heterocycles. The normalized spacial score (nSPS) is 13.7. The molecule has 0 amide bonds. The van der Waals surface area contributed by atoms with Crippen LogP contribution in [0.2, 0.25) is 0 Å². The van der Waals surface area contributed by atoms with E-state index >= 15 is 0 Å². The summed E-state index contributed by atoms with van der Waals surface area (Å²) in [7, 11) is -2.78. The van der Waals surface area contributed by atoms with E-state index in [9.17, 15) is 0 Å². The van der Waals surface area contributed by atoms with Crippen molar-refractivity contribution in [2.75, 3.05) is 4.90 Å². The predicted octanol–water partition coefficient (Wildman–Crippen LogP) is 9.12. The van der Waals surface area contributed by atoms with Crippen LogP contribution in [0.15, 0.2) is 234 Å². The molecule has 5 nitrogen and oxygen atoms in total. The summed E-state index contributed by atoms with van der Waals surface area (Å²) in [5.74, 6) is 3.69. The molecule has 0 atom stereocenters. The van der Waals surface area contributed by atoms with Gasteiger partial charge in [0, 0.05) is 43.9 Å². The van der Waals surface area contributed by atoms with Gasteiger partial charge in [0.2, 0.25) is 0 Å². The number of anilines is 3. The van der Waals surface area contributed by atoms with Crippen LogP contribution >= 0.6 is 11.8 Å². The first kappa shape index (κ1) is 37.7. The fourth-order valence-corrected chi connectivity index (χ4v) is 16.7. The Hall–Kier alpha value is -7.78. The number of rotatable bonds is 6. The zero-order chi connectivity index (χ0) is 42.9. The number of para-hydroxylation sites is 3. The summed E-state index contributed by atoms with van der Waals surface area (Å²) in [5.41, 5.74) is 9.87. The summed E-state index contributed by atoms with van der Waals surface area (Å²) in [5, 5.41) is 5.44. The van der Waals surface area contributed by atoms with Crippen LogP contribution in [0.1, 0.15) is 0 Å². The summed E-state index contributed by atoms with van der Waals surface area (Å²) in [6.45, 7) is -0.0143. The van der Waals surface area contributed by atoms with E-state index in [1.807, 2.05) is 36.4 Å². The maximum Gasteiger partial charge on any atom is 0.253 e. The van der Waals surface area contributed by atoms with Gasteiger partial charge in [0.15, 0.2) is 25.5 Å². The lowest BCUT2D eigenvalue weighted by Crippen LogP contribution is -2.77. The second kappa shape index (κ2) is 15.2. The highest BCUT2D eigenvalue weighted by Gasteiger charge is 2.49. The van der Waals surface area contributed by atoms with Gasteiger partial charge < -0.3 is 9.64 Å². The van der Waals surface area contributed by atoms with Crippen molar-refractivity contribution in [1.29, 1.82) is 0 Å². The Morgan fingerprint density at radius 1 is 0.415 bits per heavy atom. The molecule has 9 aromatic carbocycles. The standard InChI is InChI=1S/C57H37BN4OSSi/c1-5-19-38(20-6-1)55-59-56(39-21-7-2-8-22-39)61-57(60-55)40-33-34-45-50(35-40)64-51-37-41(36-49-54(51)58(45)44-27-13-16-30-48(44)63-49)62-46-28-14-17-31-52(46)65(42-23-9-3-10-24-42,43-25-11-4-12-26-43)53-32-18-15-29-47(53)62/h1-37H. The molecule has 0 fully saturated rings. The molecule has 4 heterocycles. The minimum atomic E-state index is -2.78. The van der Waals surface area contributed by atoms with Gasteiger partial charge in [-0.25, -0.2) is 15.0 Å². The number of hydrogen-bond donors (Lipinski definition) is 0. The van der Waals surface area contributed by atoms with Crippen LogP contribution in [0.25, 0.3) is 34.2 Å². The lowest BCUT2D eigenvalue weighted by molar-refractivity contribution is 0.486. The summed E-state index contributed by atoms with van der Waals surface area (Å²) in [6.07, 6.45) is 0. The number of hydrogen-bond acceptors (Lipinski definition) is 6. The van der Waals surface area contributed by atoms with E-state index in [2.05, 4.69) is 193 Å².